The molecular weight excluding hydrogens is 394 g/mol. The predicted molar refractivity (Wildman–Crippen MR) is 114 cm³/mol. The molecular formula is C22H27N7O2. The molecule has 0 aromatic carbocycles. The van der Waals surface area contributed by atoms with Gasteiger partial charge in [0.1, 0.15) is 0 Å². The van der Waals surface area contributed by atoms with E-state index in [9.17, 15) is 9.59 Å². The fourth-order valence-corrected chi connectivity index (χ4v) is 5.01. The predicted octanol–water partition coefficient (Wildman–Crippen LogP) is 0.509. The zero-order chi connectivity index (χ0) is 21.2. The highest BCUT2D eigenvalue weighted by molar-refractivity contribution is 5.95. The molecule has 0 saturated carbocycles. The van der Waals surface area contributed by atoms with Crippen molar-refractivity contribution in [3.05, 3.63) is 48.5 Å². The molecule has 9 heteroatoms. The van der Waals surface area contributed by atoms with Crippen molar-refractivity contribution in [2.45, 2.75) is 24.9 Å². The van der Waals surface area contributed by atoms with Gasteiger partial charge in [-0.3, -0.25) is 19.5 Å². The van der Waals surface area contributed by atoms with Crippen LogP contribution in [0.15, 0.2) is 43.0 Å². The molecule has 3 aliphatic heterocycles. The van der Waals surface area contributed by atoms with Gasteiger partial charge in [-0.2, -0.15) is 0 Å². The monoisotopic (exact) mass is 421 g/mol. The normalized spacial score (nSPS) is 24.0. The minimum Gasteiger partial charge on any atom is -0.338 e. The molecule has 3 aliphatic rings. The van der Waals surface area contributed by atoms with Crippen molar-refractivity contribution >= 4 is 17.8 Å². The summed E-state index contributed by atoms with van der Waals surface area (Å²) in [6.45, 7) is 5.92. The number of aromatic nitrogens is 3. The maximum atomic E-state index is 12.9. The maximum Gasteiger partial charge on any atom is 0.254 e. The Morgan fingerprint density at radius 1 is 0.935 bits per heavy atom. The molecule has 0 radical (unpaired) electrons. The van der Waals surface area contributed by atoms with E-state index in [0.717, 1.165) is 51.6 Å². The first-order valence-electron chi connectivity index (χ1n) is 11.0. The van der Waals surface area contributed by atoms with Crippen LogP contribution in [-0.4, -0.2) is 99.4 Å². The quantitative estimate of drug-likeness (QED) is 0.695. The summed E-state index contributed by atoms with van der Waals surface area (Å²) in [4.78, 5) is 46.8. The largest absolute Gasteiger partial charge is 0.338 e. The molecule has 2 aromatic heterocycles. The molecule has 9 nitrogen and oxygen atoms in total. The number of fused-ring (bicyclic) bond motifs is 1. The highest BCUT2D eigenvalue weighted by Gasteiger charge is 2.48. The van der Waals surface area contributed by atoms with Crippen molar-refractivity contribution in [2.24, 2.45) is 0 Å². The third-order valence-electron chi connectivity index (χ3n) is 6.67. The van der Waals surface area contributed by atoms with Gasteiger partial charge in [0.15, 0.2) is 0 Å². The van der Waals surface area contributed by atoms with Gasteiger partial charge in [0, 0.05) is 82.6 Å². The van der Waals surface area contributed by atoms with Gasteiger partial charge >= 0.3 is 0 Å². The minimum atomic E-state index is -0.0137. The third-order valence-corrected chi connectivity index (χ3v) is 6.67. The van der Waals surface area contributed by atoms with Gasteiger partial charge in [0.25, 0.3) is 5.91 Å². The molecule has 3 fully saturated rings. The number of piperazine rings is 1. The molecule has 2 amide bonds. The Morgan fingerprint density at radius 2 is 1.68 bits per heavy atom. The number of pyridine rings is 1. The second-order valence-electron chi connectivity index (χ2n) is 8.33. The summed E-state index contributed by atoms with van der Waals surface area (Å²) in [7, 11) is 0. The van der Waals surface area contributed by atoms with Crippen LogP contribution in [0.2, 0.25) is 0 Å². The molecule has 3 saturated heterocycles. The van der Waals surface area contributed by atoms with Crippen LogP contribution in [0.4, 0.5) is 5.95 Å². The Labute approximate surface area is 181 Å². The Hall–Kier alpha value is -3.07. The van der Waals surface area contributed by atoms with Gasteiger partial charge in [-0.05, 0) is 24.6 Å². The lowest BCUT2D eigenvalue weighted by Crippen LogP contribution is -2.50. The van der Waals surface area contributed by atoms with Crippen LogP contribution in [0.3, 0.4) is 0 Å². The molecule has 162 valence electrons. The Morgan fingerprint density at radius 3 is 2.42 bits per heavy atom. The molecule has 0 unspecified atom stereocenters. The number of hydrogen-bond acceptors (Lipinski definition) is 7. The van der Waals surface area contributed by atoms with Crippen LogP contribution >= 0.6 is 0 Å². The highest BCUT2D eigenvalue weighted by atomic mass is 16.2. The van der Waals surface area contributed by atoms with E-state index in [2.05, 4.69) is 24.8 Å². The molecule has 0 bridgehead atoms. The lowest BCUT2D eigenvalue weighted by Gasteiger charge is -2.36. The van der Waals surface area contributed by atoms with E-state index in [1.165, 1.54) is 0 Å². The molecule has 5 heterocycles. The zero-order valence-electron chi connectivity index (χ0n) is 17.5. The number of carbonyl (C=O) groups is 2. The van der Waals surface area contributed by atoms with Gasteiger partial charge in [-0.25, -0.2) is 9.97 Å². The van der Waals surface area contributed by atoms with Gasteiger partial charge in [0.05, 0.1) is 12.1 Å². The maximum absolute atomic E-state index is 12.9. The summed E-state index contributed by atoms with van der Waals surface area (Å²) < 4.78 is 0. The van der Waals surface area contributed by atoms with Crippen LogP contribution < -0.4 is 4.90 Å². The number of rotatable bonds is 5. The van der Waals surface area contributed by atoms with Crippen LogP contribution in [0, 0.1) is 0 Å². The lowest BCUT2D eigenvalue weighted by molar-refractivity contribution is -0.129. The summed E-state index contributed by atoms with van der Waals surface area (Å²) in [5.74, 6) is 0.951. The Bertz CT molecular complexity index is 918. The van der Waals surface area contributed by atoms with Crippen LogP contribution in [0.5, 0.6) is 0 Å². The van der Waals surface area contributed by atoms with Gasteiger partial charge in [-0.1, -0.05) is 0 Å². The number of hydrogen-bond donors (Lipinski definition) is 0. The van der Waals surface area contributed by atoms with Crippen molar-refractivity contribution in [3.8, 4) is 0 Å². The number of anilines is 1. The summed E-state index contributed by atoms with van der Waals surface area (Å²) >= 11 is 0. The first-order valence-corrected chi connectivity index (χ1v) is 11.0. The van der Waals surface area contributed by atoms with E-state index < -0.39 is 0 Å². The Balaban J connectivity index is 1.15. The topological polar surface area (TPSA) is 85.8 Å². The number of nitrogens with zero attached hydrogens (tertiary/aromatic N) is 7. The van der Waals surface area contributed by atoms with Crippen LogP contribution in [0.1, 0.15) is 23.2 Å². The van der Waals surface area contributed by atoms with Gasteiger partial charge in [0.2, 0.25) is 11.9 Å². The molecule has 2 aromatic rings. The van der Waals surface area contributed by atoms with Crippen molar-refractivity contribution in [2.75, 3.05) is 50.7 Å². The summed E-state index contributed by atoms with van der Waals surface area (Å²) in [6.07, 6.45) is 8.10. The highest BCUT2D eigenvalue weighted by Crippen LogP contribution is 2.33. The molecule has 0 spiro atoms. The van der Waals surface area contributed by atoms with E-state index in [-0.39, 0.29) is 23.9 Å². The van der Waals surface area contributed by atoms with Crippen molar-refractivity contribution in [1.82, 2.24) is 29.7 Å². The smallest absolute Gasteiger partial charge is 0.254 e. The number of carbonyl (C=O) groups excluding carboxylic acids is 2. The second-order valence-corrected chi connectivity index (χ2v) is 8.33. The molecule has 5 rings (SSSR count). The van der Waals surface area contributed by atoms with E-state index in [1.807, 2.05) is 15.9 Å². The third kappa shape index (κ3) is 3.97. The SMILES string of the molecule is O=C1C[C@H]2[C@H](CCN2C(=O)c2ccncc2)N1CCN1CCN(c2ncccn2)CC1. The first kappa shape index (κ1) is 19.9. The average molecular weight is 422 g/mol. The van der Waals surface area contributed by atoms with Gasteiger partial charge < -0.3 is 14.7 Å². The second kappa shape index (κ2) is 8.58. The van der Waals surface area contributed by atoms with Crippen molar-refractivity contribution < 1.29 is 9.59 Å². The van der Waals surface area contributed by atoms with E-state index in [4.69, 9.17) is 0 Å². The summed E-state index contributed by atoms with van der Waals surface area (Å²) in [5.41, 5.74) is 0.641. The van der Waals surface area contributed by atoms with E-state index >= 15 is 0 Å². The summed E-state index contributed by atoms with van der Waals surface area (Å²) in [6, 6.07) is 5.43. The standard InChI is InChI=1S/C22H27N7O2/c30-20-16-19-18(4-9-29(19)21(31)17-2-7-23-8-3-17)28(20)15-12-26-10-13-27(14-11-26)22-24-5-1-6-25-22/h1-3,5-8,18-19H,4,9-16H2/t18-,19-/m0/s1. The summed E-state index contributed by atoms with van der Waals surface area (Å²) in [5, 5.41) is 0. The molecule has 0 N–H and O–H groups in total. The average Bonchev–Trinajstić information content (AvgIpc) is 3.37. The minimum absolute atomic E-state index is 0.00352. The van der Waals surface area contributed by atoms with Gasteiger partial charge in [-0.15, -0.1) is 0 Å². The molecule has 0 aliphatic carbocycles. The lowest BCUT2D eigenvalue weighted by atomic mass is 10.1. The van der Waals surface area contributed by atoms with Crippen molar-refractivity contribution in [3.63, 3.8) is 0 Å². The molecule has 2 atom stereocenters. The van der Waals surface area contributed by atoms with Crippen LogP contribution in [0.25, 0.3) is 0 Å². The fraction of sp³-hybridized carbons (Fsp3) is 0.500. The molecule has 31 heavy (non-hydrogen) atoms. The fourth-order valence-electron chi connectivity index (χ4n) is 5.01. The van der Waals surface area contributed by atoms with E-state index in [1.54, 1.807) is 36.9 Å². The zero-order valence-corrected chi connectivity index (χ0v) is 17.5. The number of amides is 2. The van der Waals surface area contributed by atoms with E-state index in [0.29, 0.717) is 18.5 Å². The van der Waals surface area contributed by atoms with Crippen LogP contribution in [-0.2, 0) is 4.79 Å². The number of likely N-dealkylation sites (tertiary alicyclic amines) is 2. The Kier molecular flexibility index (Phi) is 5.50. The first-order chi connectivity index (χ1) is 15.2. The van der Waals surface area contributed by atoms with Crippen molar-refractivity contribution in [1.29, 1.82) is 0 Å².